The third-order valence-corrected chi connectivity index (χ3v) is 3.79. The van der Waals surface area contributed by atoms with E-state index >= 15 is 0 Å². The summed E-state index contributed by atoms with van der Waals surface area (Å²) in [6, 6.07) is 8.42. The molecule has 3 heteroatoms. The molecule has 0 spiro atoms. The number of rotatable bonds is 2. The van der Waals surface area contributed by atoms with Crippen molar-refractivity contribution in [3.8, 4) is 0 Å². The van der Waals surface area contributed by atoms with E-state index in [1.807, 2.05) is 29.2 Å². The minimum absolute atomic E-state index is 0.136. The average molecular weight is 246 g/mol. The molecular formula is C15H22N2O. The standard InChI is InChI=1S/C15H22N2O/c1-3-12-4-6-13(7-5-12)15(18)17-9-8-14(16)10-11(17)2/h4-7,11,14H,3,8-10,16H2,1-2H3. The van der Waals surface area contributed by atoms with Crippen LogP contribution in [0.5, 0.6) is 0 Å². The van der Waals surface area contributed by atoms with Crippen LogP contribution in [0, 0.1) is 0 Å². The molecule has 1 heterocycles. The maximum Gasteiger partial charge on any atom is 0.254 e. The van der Waals surface area contributed by atoms with Crippen LogP contribution in [0.2, 0.25) is 0 Å². The summed E-state index contributed by atoms with van der Waals surface area (Å²) in [5.74, 6) is 0.136. The van der Waals surface area contributed by atoms with Gasteiger partial charge in [-0.25, -0.2) is 0 Å². The zero-order valence-electron chi connectivity index (χ0n) is 11.2. The lowest BCUT2D eigenvalue weighted by molar-refractivity contribution is 0.0619. The highest BCUT2D eigenvalue weighted by Crippen LogP contribution is 2.19. The maximum atomic E-state index is 12.4. The van der Waals surface area contributed by atoms with Crippen LogP contribution in [0.1, 0.15) is 42.6 Å². The van der Waals surface area contributed by atoms with E-state index < -0.39 is 0 Å². The Bertz CT molecular complexity index is 413. The smallest absolute Gasteiger partial charge is 0.254 e. The molecule has 1 aromatic rings. The number of hydrogen-bond acceptors (Lipinski definition) is 2. The van der Waals surface area contributed by atoms with E-state index in [1.54, 1.807) is 0 Å². The summed E-state index contributed by atoms with van der Waals surface area (Å²) in [5, 5.41) is 0. The highest BCUT2D eigenvalue weighted by Gasteiger charge is 2.27. The molecule has 2 unspecified atom stereocenters. The van der Waals surface area contributed by atoms with E-state index in [1.165, 1.54) is 5.56 Å². The number of aryl methyl sites for hydroxylation is 1. The lowest BCUT2D eigenvalue weighted by atomic mass is 9.98. The molecule has 1 amide bonds. The van der Waals surface area contributed by atoms with Gasteiger partial charge in [0, 0.05) is 24.2 Å². The molecule has 0 bridgehead atoms. The average Bonchev–Trinajstić information content (AvgIpc) is 2.38. The van der Waals surface area contributed by atoms with Crippen molar-refractivity contribution in [1.82, 2.24) is 4.90 Å². The zero-order chi connectivity index (χ0) is 13.1. The first-order valence-corrected chi connectivity index (χ1v) is 6.77. The van der Waals surface area contributed by atoms with Crippen molar-refractivity contribution in [1.29, 1.82) is 0 Å². The predicted molar refractivity (Wildman–Crippen MR) is 73.5 cm³/mol. The highest BCUT2D eigenvalue weighted by molar-refractivity contribution is 5.94. The van der Waals surface area contributed by atoms with Crippen LogP contribution in [0.4, 0.5) is 0 Å². The maximum absolute atomic E-state index is 12.4. The van der Waals surface area contributed by atoms with Gasteiger partial charge in [-0.05, 0) is 43.9 Å². The van der Waals surface area contributed by atoms with Gasteiger partial charge in [-0.1, -0.05) is 19.1 Å². The Morgan fingerprint density at radius 2 is 2.06 bits per heavy atom. The summed E-state index contributed by atoms with van der Waals surface area (Å²) in [5.41, 5.74) is 7.98. The Labute approximate surface area is 109 Å². The van der Waals surface area contributed by atoms with Crippen LogP contribution < -0.4 is 5.73 Å². The second-order valence-corrected chi connectivity index (χ2v) is 5.18. The predicted octanol–water partition coefficient (Wildman–Crippen LogP) is 2.20. The molecule has 0 aromatic heterocycles. The number of amides is 1. The van der Waals surface area contributed by atoms with E-state index in [4.69, 9.17) is 5.73 Å². The molecule has 98 valence electrons. The van der Waals surface area contributed by atoms with Gasteiger partial charge in [-0.2, -0.15) is 0 Å². The minimum atomic E-state index is 0.136. The van der Waals surface area contributed by atoms with Gasteiger partial charge in [0.25, 0.3) is 5.91 Å². The first-order valence-electron chi connectivity index (χ1n) is 6.77. The van der Waals surface area contributed by atoms with Gasteiger partial charge >= 0.3 is 0 Å². The van der Waals surface area contributed by atoms with Crippen LogP contribution in [0.3, 0.4) is 0 Å². The summed E-state index contributed by atoms with van der Waals surface area (Å²) in [7, 11) is 0. The topological polar surface area (TPSA) is 46.3 Å². The van der Waals surface area contributed by atoms with E-state index in [0.29, 0.717) is 0 Å². The fourth-order valence-electron chi connectivity index (χ4n) is 2.56. The fraction of sp³-hybridized carbons (Fsp3) is 0.533. The van der Waals surface area contributed by atoms with E-state index in [2.05, 4.69) is 13.8 Å². The molecule has 2 atom stereocenters. The SMILES string of the molecule is CCc1ccc(C(=O)N2CCC(N)CC2C)cc1. The number of carbonyl (C=O) groups excluding carboxylic acids is 1. The largest absolute Gasteiger partial charge is 0.336 e. The van der Waals surface area contributed by atoms with Gasteiger partial charge in [-0.3, -0.25) is 4.79 Å². The number of benzene rings is 1. The van der Waals surface area contributed by atoms with Gasteiger partial charge < -0.3 is 10.6 Å². The third-order valence-electron chi connectivity index (χ3n) is 3.79. The van der Waals surface area contributed by atoms with Crippen molar-refractivity contribution in [3.05, 3.63) is 35.4 Å². The number of nitrogens with zero attached hydrogens (tertiary/aromatic N) is 1. The van der Waals surface area contributed by atoms with Crippen molar-refractivity contribution in [2.24, 2.45) is 5.73 Å². The third kappa shape index (κ3) is 2.72. The number of hydrogen-bond donors (Lipinski definition) is 1. The summed E-state index contributed by atoms with van der Waals surface area (Å²) in [6.45, 7) is 4.97. The van der Waals surface area contributed by atoms with Gasteiger partial charge in [-0.15, -0.1) is 0 Å². The summed E-state index contributed by atoms with van der Waals surface area (Å²) < 4.78 is 0. The van der Waals surface area contributed by atoms with Gasteiger partial charge in [0.2, 0.25) is 0 Å². The summed E-state index contributed by atoms with van der Waals surface area (Å²) >= 11 is 0. The van der Waals surface area contributed by atoms with Crippen LogP contribution in [-0.2, 0) is 6.42 Å². The normalized spacial score (nSPS) is 24.1. The van der Waals surface area contributed by atoms with Crippen molar-refractivity contribution in [3.63, 3.8) is 0 Å². The second kappa shape index (κ2) is 5.53. The molecule has 3 nitrogen and oxygen atoms in total. The molecule has 2 rings (SSSR count). The Hall–Kier alpha value is -1.35. The van der Waals surface area contributed by atoms with Gasteiger partial charge in [0.05, 0.1) is 0 Å². The molecule has 0 radical (unpaired) electrons. The molecule has 0 saturated carbocycles. The molecule has 2 N–H and O–H groups in total. The van der Waals surface area contributed by atoms with E-state index in [-0.39, 0.29) is 18.0 Å². The van der Waals surface area contributed by atoms with Gasteiger partial charge in [0.1, 0.15) is 0 Å². The molecule has 1 saturated heterocycles. The molecule has 18 heavy (non-hydrogen) atoms. The molecule has 1 aromatic carbocycles. The van der Waals surface area contributed by atoms with Crippen molar-refractivity contribution in [2.45, 2.75) is 45.2 Å². The Balaban J connectivity index is 2.10. The van der Waals surface area contributed by atoms with Crippen LogP contribution in [0.15, 0.2) is 24.3 Å². The highest BCUT2D eigenvalue weighted by atomic mass is 16.2. The van der Waals surface area contributed by atoms with E-state index in [0.717, 1.165) is 31.4 Å². The second-order valence-electron chi connectivity index (χ2n) is 5.18. The first kappa shape index (κ1) is 13.1. The first-order chi connectivity index (χ1) is 8.61. The Morgan fingerprint density at radius 3 is 2.61 bits per heavy atom. The lowest BCUT2D eigenvalue weighted by Gasteiger charge is -2.36. The summed E-state index contributed by atoms with van der Waals surface area (Å²) in [4.78, 5) is 14.4. The molecule has 0 aliphatic carbocycles. The number of likely N-dealkylation sites (tertiary alicyclic amines) is 1. The van der Waals surface area contributed by atoms with E-state index in [9.17, 15) is 4.79 Å². The van der Waals surface area contributed by atoms with Crippen LogP contribution in [-0.4, -0.2) is 29.4 Å². The number of piperidine rings is 1. The van der Waals surface area contributed by atoms with Crippen molar-refractivity contribution >= 4 is 5.91 Å². The molecule has 1 aliphatic rings. The molecular weight excluding hydrogens is 224 g/mol. The molecule has 1 aliphatic heterocycles. The monoisotopic (exact) mass is 246 g/mol. The fourth-order valence-corrected chi connectivity index (χ4v) is 2.56. The Kier molecular flexibility index (Phi) is 4.02. The van der Waals surface area contributed by atoms with Gasteiger partial charge in [0.15, 0.2) is 0 Å². The number of carbonyl (C=O) groups is 1. The molecule has 1 fully saturated rings. The number of nitrogens with two attached hydrogens (primary N) is 1. The quantitative estimate of drug-likeness (QED) is 0.869. The summed E-state index contributed by atoms with van der Waals surface area (Å²) in [6.07, 6.45) is 2.81. The Morgan fingerprint density at radius 1 is 1.39 bits per heavy atom. The lowest BCUT2D eigenvalue weighted by Crippen LogP contribution is -2.48. The van der Waals surface area contributed by atoms with Crippen LogP contribution in [0.25, 0.3) is 0 Å². The van der Waals surface area contributed by atoms with Crippen molar-refractivity contribution < 1.29 is 4.79 Å². The minimum Gasteiger partial charge on any atom is -0.336 e. The zero-order valence-corrected chi connectivity index (χ0v) is 11.2. The van der Waals surface area contributed by atoms with Crippen molar-refractivity contribution in [2.75, 3.05) is 6.54 Å². The van der Waals surface area contributed by atoms with Crippen LogP contribution >= 0.6 is 0 Å².